The normalized spacial score (nSPS) is 22.5. The maximum atomic E-state index is 12.1. The van der Waals surface area contributed by atoms with Crippen molar-refractivity contribution in [3.05, 3.63) is 159 Å². The summed E-state index contributed by atoms with van der Waals surface area (Å²) in [4.78, 5) is 0. The first-order valence-electron chi connectivity index (χ1n) is 16.6. The van der Waals surface area contributed by atoms with Gasteiger partial charge in [-0.05, 0) is 88.0 Å². The molecule has 1 aliphatic heterocycles. The van der Waals surface area contributed by atoms with Crippen LogP contribution in [0.4, 0.5) is 0 Å². The highest BCUT2D eigenvalue weighted by molar-refractivity contribution is 5.72. The standard InChI is InChI=1S/C42H32O9/c43-23-7-1-19(2-8-23)33-35(22-13-26(46)15-27(47)14-22)40-34(20-3-9-24(44)10-4-20)36-29(16-28(48)17-30(36)49)37-39-32(18-31(50)38(33)41(39)40)51-42(37)21-5-11-25(45)12-6-21/h1-18,33-35,37,40,42-50H/t33-,34-,35-,37-,40+,42-/m1/s1. The van der Waals surface area contributed by atoms with E-state index in [0.29, 0.717) is 28.0 Å². The summed E-state index contributed by atoms with van der Waals surface area (Å²) in [5.41, 5.74) is 5.99. The number of rotatable bonds is 4. The molecule has 0 amide bonds. The van der Waals surface area contributed by atoms with Crippen LogP contribution < -0.4 is 4.74 Å². The van der Waals surface area contributed by atoms with Crippen molar-refractivity contribution >= 4 is 0 Å². The lowest BCUT2D eigenvalue weighted by Crippen LogP contribution is -2.20. The Morgan fingerprint density at radius 1 is 0.353 bits per heavy atom. The van der Waals surface area contributed by atoms with Gasteiger partial charge in [0.1, 0.15) is 57.8 Å². The Bertz CT molecular complexity index is 2330. The maximum Gasteiger partial charge on any atom is 0.135 e. The molecule has 9 nitrogen and oxygen atoms in total. The Kier molecular flexibility index (Phi) is 6.60. The lowest BCUT2D eigenvalue weighted by Gasteiger charge is -2.34. The van der Waals surface area contributed by atoms with Crippen LogP contribution in [0.3, 0.4) is 0 Å². The molecule has 0 saturated heterocycles. The van der Waals surface area contributed by atoms with E-state index in [-0.39, 0.29) is 46.0 Å². The van der Waals surface area contributed by atoms with Gasteiger partial charge in [0.05, 0.1) is 5.92 Å². The summed E-state index contributed by atoms with van der Waals surface area (Å²) in [6, 6.07) is 29.0. The van der Waals surface area contributed by atoms with Crippen LogP contribution in [0.2, 0.25) is 0 Å². The molecular formula is C42H32O9. The topological polar surface area (TPSA) is 171 Å². The Morgan fingerprint density at radius 3 is 1.41 bits per heavy atom. The summed E-state index contributed by atoms with van der Waals surface area (Å²) in [6.07, 6.45) is -0.693. The second-order valence-electron chi connectivity index (χ2n) is 13.7. The molecule has 9 rings (SSSR count). The zero-order valence-corrected chi connectivity index (χ0v) is 26.8. The number of fused-ring (bicyclic) bond motifs is 2. The van der Waals surface area contributed by atoms with E-state index < -0.39 is 35.7 Å². The van der Waals surface area contributed by atoms with Crippen molar-refractivity contribution in [2.24, 2.45) is 0 Å². The molecule has 254 valence electrons. The van der Waals surface area contributed by atoms with Gasteiger partial charge in [0.15, 0.2) is 0 Å². The molecule has 0 bridgehead atoms. The van der Waals surface area contributed by atoms with Crippen LogP contribution in [-0.4, -0.2) is 40.9 Å². The van der Waals surface area contributed by atoms with Gasteiger partial charge < -0.3 is 45.6 Å². The van der Waals surface area contributed by atoms with E-state index in [9.17, 15) is 40.9 Å². The van der Waals surface area contributed by atoms with E-state index in [1.54, 1.807) is 97.1 Å². The van der Waals surface area contributed by atoms with Gasteiger partial charge in [-0.15, -0.1) is 0 Å². The van der Waals surface area contributed by atoms with E-state index >= 15 is 0 Å². The third-order valence-corrected chi connectivity index (χ3v) is 10.9. The zero-order chi connectivity index (χ0) is 35.3. The summed E-state index contributed by atoms with van der Waals surface area (Å²) in [7, 11) is 0. The average Bonchev–Trinajstić information content (AvgIpc) is 3.60. The van der Waals surface area contributed by atoms with Crippen LogP contribution in [0.25, 0.3) is 0 Å². The SMILES string of the molecule is Oc1ccc([C@H]2c3c(O)cc4c5c3[C@@H]([C@H](c3ccc(O)cc3)c3c(O)cc(O)cc3[C@H]5[C@@H](c3ccc(O)cc3)O4)[C@@H]2c2cc(O)cc(O)c2)cc1. The number of benzene rings is 6. The number of aromatic hydroxyl groups is 8. The Morgan fingerprint density at radius 2 is 0.843 bits per heavy atom. The minimum atomic E-state index is -0.693. The van der Waals surface area contributed by atoms with Gasteiger partial charge in [-0.2, -0.15) is 0 Å². The molecule has 0 spiro atoms. The van der Waals surface area contributed by atoms with Crippen LogP contribution >= 0.6 is 0 Å². The lowest BCUT2D eigenvalue weighted by atomic mass is 9.69. The van der Waals surface area contributed by atoms with Crippen molar-refractivity contribution in [1.82, 2.24) is 0 Å². The van der Waals surface area contributed by atoms with Gasteiger partial charge in [-0.3, -0.25) is 0 Å². The van der Waals surface area contributed by atoms with E-state index in [1.165, 1.54) is 12.1 Å². The Labute approximate surface area is 291 Å². The van der Waals surface area contributed by atoms with Gasteiger partial charge in [-0.25, -0.2) is 0 Å². The van der Waals surface area contributed by atoms with E-state index in [0.717, 1.165) is 27.8 Å². The molecule has 6 aromatic rings. The molecule has 0 unspecified atom stereocenters. The molecule has 3 aliphatic rings. The van der Waals surface area contributed by atoms with Crippen LogP contribution in [-0.2, 0) is 0 Å². The number of hydrogen-bond donors (Lipinski definition) is 8. The predicted molar refractivity (Wildman–Crippen MR) is 186 cm³/mol. The first kappa shape index (κ1) is 30.6. The number of phenols is 8. The minimum absolute atomic E-state index is 0.0358. The largest absolute Gasteiger partial charge is 0.508 e. The second kappa shape index (κ2) is 11.0. The molecule has 9 heteroatoms. The smallest absolute Gasteiger partial charge is 0.135 e. The van der Waals surface area contributed by atoms with E-state index in [1.807, 2.05) is 0 Å². The fourth-order valence-electron chi connectivity index (χ4n) is 9.08. The van der Waals surface area contributed by atoms with Crippen molar-refractivity contribution in [2.75, 3.05) is 0 Å². The van der Waals surface area contributed by atoms with Crippen molar-refractivity contribution in [1.29, 1.82) is 0 Å². The number of hydrogen-bond acceptors (Lipinski definition) is 9. The first-order chi connectivity index (χ1) is 24.6. The fourth-order valence-corrected chi connectivity index (χ4v) is 9.08. The van der Waals surface area contributed by atoms with Gasteiger partial charge in [0.25, 0.3) is 0 Å². The van der Waals surface area contributed by atoms with Crippen LogP contribution in [0.5, 0.6) is 51.7 Å². The highest BCUT2D eigenvalue weighted by Crippen LogP contribution is 2.70. The molecule has 6 atom stereocenters. The highest BCUT2D eigenvalue weighted by atomic mass is 16.5. The van der Waals surface area contributed by atoms with E-state index in [2.05, 4.69) is 0 Å². The summed E-state index contributed by atoms with van der Waals surface area (Å²) in [5, 5.41) is 87.6. The van der Waals surface area contributed by atoms with Crippen LogP contribution in [0.1, 0.15) is 85.8 Å². The van der Waals surface area contributed by atoms with Crippen molar-refractivity contribution in [3.63, 3.8) is 0 Å². The molecule has 0 saturated carbocycles. The molecule has 51 heavy (non-hydrogen) atoms. The van der Waals surface area contributed by atoms with Gasteiger partial charge in [0, 0.05) is 58.6 Å². The fraction of sp³-hybridized carbons (Fsp3) is 0.143. The molecular weight excluding hydrogens is 648 g/mol. The van der Waals surface area contributed by atoms with Gasteiger partial charge >= 0.3 is 0 Å². The summed E-state index contributed by atoms with van der Waals surface area (Å²) >= 11 is 0. The number of phenolic OH excluding ortho intramolecular Hbond substituents is 8. The minimum Gasteiger partial charge on any atom is -0.508 e. The Hall–Kier alpha value is -6.48. The van der Waals surface area contributed by atoms with Crippen LogP contribution in [0.15, 0.2) is 109 Å². The van der Waals surface area contributed by atoms with Crippen molar-refractivity contribution < 1.29 is 45.6 Å². The summed E-state index contributed by atoms with van der Waals surface area (Å²) in [5.74, 6) is -3.08. The van der Waals surface area contributed by atoms with Crippen molar-refractivity contribution in [3.8, 4) is 51.7 Å². The molecule has 0 radical (unpaired) electrons. The monoisotopic (exact) mass is 680 g/mol. The predicted octanol–water partition coefficient (Wildman–Crippen LogP) is 7.76. The molecule has 2 aliphatic carbocycles. The molecule has 0 fully saturated rings. The maximum absolute atomic E-state index is 12.1. The molecule has 1 heterocycles. The second-order valence-corrected chi connectivity index (χ2v) is 13.7. The van der Waals surface area contributed by atoms with Gasteiger partial charge in [0.2, 0.25) is 0 Å². The summed E-state index contributed by atoms with van der Waals surface area (Å²) in [6.45, 7) is 0. The molecule has 0 aromatic heterocycles. The third kappa shape index (κ3) is 4.61. The third-order valence-electron chi connectivity index (χ3n) is 10.9. The van der Waals surface area contributed by atoms with Crippen LogP contribution in [0, 0.1) is 0 Å². The molecule has 8 N–H and O–H groups in total. The highest BCUT2D eigenvalue weighted by Gasteiger charge is 2.56. The molecule has 6 aromatic carbocycles. The zero-order valence-electron chi connectivity index (χ0n) is 26.8. The van der Waals surface area contributed by atoms with Crippen molar-refractivity contribution in [2.45, 2.75) is 35.7 Å². The quantitative estimate of drug-likeness (QED) is 0.0927. The first-order valence-corrected chi connectivity index (χ1v) is 16.6. The van der Waals surface area contributed by atoms with E-state index in [4.69, 9.17) is 4.74 Å². The Balaban J connectivity index is 1.44. The lowest BCUT2D eigenvalue weighted by molar-refractivity contribution is 0.221. The average molecular weight is 681 g/mol. The number of ether oxygens (including phenoxy) is 1. The summed E-state index contributed by atoms with van der Waals surface area (Å²) < 4.78 is 6.70. The van der Waals surface area contributed by atoms with Gasteiger partial charge in [-0.1, -0.05) is 36.4 Å².